The number of rotatable bonds is 6. The first-order chi connectivity index (χ1) is 13.5. The number of nitrogens with two attached hydrogens (primary N) is 1. The van der Waals surface area contributed by atoms with E-state index in [4.69, 9.17) is 5.73 Å². The van der Waals surface area contributed by atoms with E-state index in [0.717, 1.165) is 24.0 Å². The Labute approximate surface area is 161 Å². The number of aryl methyl sites for hydroxylation is 1. The van der Waals surface area contributed by atoms with Crippen LogP contribution >= 0.6 is 0 Å². The summed E-state index contributed by atoms with van der Waals surface area (Å²) >= 11 is 0. The first-order valence-electron chi connectivity index (χ1n) is 9.60. The molecule has 0 unspecified atom stereocenters. The molecule has 144 valence electrons. The smallest absolute Gasteiger partial charge is 0.377 e. The molecule has 0 aliphatic heterocycles. The van der Waals surface area contributed by atoms with Gasteiger partial charge in [0.1, 0.15) is 0 Å². The molecule has 1 heterocycles. The fraction of sp³-hybridized carbons (Fsp3) is 0.318. The topological polar surface area (TPSA) is 102 Å². The van der Waals surface area contributed by atoms with Crippen molar-refractivity contribution in [3.05, 3.63) is 47.5 Å². The van der Waals surface area contributed by atoms with E-state index in [1.807, 2.05) is 12.1 Å². The van der Waals surface area contributed by atoms with Crippen LogP contribution in [0.4, 0.5) is 0 Å². The number of primary amides is 1. The molecule has 2 aromatic carbocycles. The Bertz CT molecular complexity index is 1110. The Morgan fingerprint density at radius 1 is 0.964 bits per heavy atom. The van der Waals surface area contributed by atoms with Crippen LogP contribution in [0, 0.1) is 5.92 Å². The minimum absolute atomic E-state index is 0.0864. The van der Waals surface area contributed by atoms with Crippen LogP contribution in [0.5, 0.6) is 0 Å². The number of nitrogens with zero attached hydrogens (tertiary/aromatic N) is 1. The van der Waals surface area contributed by atoms with Crippen molar-refractivity contribution < 1.29 is 19.5 Å². The zero-order valence-corrected chi connectivity index (χ0v) is 15.5. The molecule has 6 heteroatoms. The summed E-state index contributed by atoms with van der Waals surface area (Å²) in [4.78, 5) is 35.8. The van der Waals surface area contributed by atoms with Gasteiger partial charge in [0, 0.05) is 39.5 Å². The zero-order chi connectivity index (χ0) is 19.8. The highest BCUT2D eigenvalue weighted by molar-refractivity contribution is 6.43. The van der Waals surface area contributed by atoms with Gasteiger partial charge in [0.05, 0.1) is 0 Å². The van der Waals surface area contributed by atoms with E-state index in [9.17, 15) is 19.5 Å². The third-order valence-electron chi connectivity index (χ3n) is 5.86. The molecule has 0 bridgehead atoms. The highest BCUT2D eigenvalue weighted by atomic mass is 16.4. The Morgan fingerprint density at radius 2 is 1.54 bits per heavy atom. The number of carbonyl (C=O) groups excluding carboxylic acids is 2. The number of hydrogen-bond donors (Lipinski definition) is 2. The van der Waals surface area contributed by atoms with Gasteiger partial charge >= 0.3 is 5.97 Å². The second kappa shape index (κ2) is 7.11. The van der Waals surface area contributed by atoms with Gasteiger partial charge in [-0.15, -0.1) is 0 Å². The second-order valence-corrected chi connectivity index (χ2v) is 7.49. The summed E-state index contributed by atoms with van der Waals surface area (Å²) in [5.74, 6) is -2.43. The van der Waals surface area contributed by atoms with Crippen LogP contribution in [-0.2, 0) is 11.3 Å². The first-order valence-corrected chi connectivity index (χ1v) is 9.60. The number of ketones is 1. The zero-order valence-electron chi connectivity index (χ0n) is 15.5. The van der Waals surface area contributed by atoms with E-state index in [1.165, 1.54) is 31.7 Å². The van der Waals surface area contributed by atoms with Gasteiger partial charge in [0.15, 0.2) is 0 Å². The summed E-state index contributed by atoms with van der Waals surface area (Å²) in [6.07, 6.45) is 6.00. The van der Waals surface area contributed by atoms with Crippen LogP contribution in [-0.4, -0.2) is 27.3 Å². The number of carboxylic acid groups (broad SMARTS) is 1. The summed E-state index contributed by atoms with van der Waals surface area (Å²) in [6, 6.07) is 10.3. The van der Waals surface area contributed by atoms with Crippen molar-refractivity contribution in [2.45, 2.75) is 38.6 Å². The number of Topliss-reactive ketones (excluding diaryl/α,β-unsaturated/α-hetero) is 1. The number of carbonyl (C=O) groups is 3. The lowest BCUT2D eigenvalue weighted by atomic mass is 9.99. The van der Waals surface area contributed by atoms with Gasteiger partial charge in [-0.1, -0.05) is 37.8 Å². The third-order valence-corrected chi connectivity index (χ3v) is 5.86. The normalized spacial score (nSPS) is 14.7. The standard InChI is InChI=1S/C22H22N2O4/c23-21(26)15-8-4-10-17-19(15)18-14(20(25)22(27)28)7-3-9-16(18)24(17)12-11-13-5-1-2-6-13/h3-4,7-10,13H,1-2,5-6,11-12H2,(H2,23,26)(H,27,28). The molecule has 1 aliphatic carbocycles. The third kappa shape index (κ3) is 2.95. The molecule has 0 atom stereocenters. The highest BCUT2D eigenvalue weighted by Crippen LogP contribution is 2.36. The minimum atomic E-state index is -1.52. The molecule has 1 saturated carbocycles. The summed E-state index contributed by atoms with van der Waals surface area (Å²) in [6.45, 7) is 0.748. The van der Waals surface area contributed by atoms with Gasteiger partial charge in [-0.2, -0.15) is 0 Å². The van der Waals surface area contributed by atoms with Crippen molar-refractivity contribution in [2.24, 2.45) is 11.7 Å². The average Bonchev–Trinajstić information content (AvgIpc) is 3.31. The Morgan fingerprint density at radius 3 is 2.11 bits per heavy atom. The van der Waals surface area contributed by atoms with Gasteiger partial charge in [-0.3, -0.25) is 9.59 Å². The largest absolute Gasteiger partial charge is 0.475 e. The number of aliphatic carboxylic acids is 1. The predicted octanol–water partition coefficient (Wildman–Crippen LogP) is 3.74. The van der Waals surface area contributed by atoms with Crippen molar-refractivity contribution in [3.8, 4) is 0 Å². The predicted molar refractivity (Wildman–Crippen MR) is 107 cm³/mol. The highest BCUT2D eigenvalue weighted by Gasteiger charge is 2.24. The van der Waals surface area contributed by atoms with Crippen LogP contribution in [0.25, 0.3) is 21.8 Å². The van der Waals surface area contributed by atoms with Crippen LogP contribution in [0.2, 0.25) is 0 Å². The van der Waals surface area contributed by atoms with Crippen molar-refractivity contribution in [1.82, 2.24) is 4.57 Å². The Balaban J connectivity index is 1.98. The lowest BCUT2D eigenvalue weighted by Gasteiger charge is -2.12. The Hall–Kier alpha value is -3.15. The molecule has 1 aromatic heterocycles. The van der Waals surface area contributed by atoms with Crippen LogP contribution in [0.3, 0.4) is 0 Å². The molecule has 0 saturated heterocycles. The molecule has 0 spiro atoms. The lowest BCUT2D eigenvalue weighted by Crippen LogP contribution is -2.14. The second-order valence-electron chi connectivity index (χ2n) is 7.49. The van der Waals surface area contributed by atoms with Crippen molar-refractivity contribution in [2.75, 3.05) is 0 Å². The molecule has 3 aromatic rings. The number of amides is 1. The quantitative estimate of drug-likeness (QED) is 0.504. The number of aromatic nitrogens is 1. The first kappa shape index (κ1) is 18.2. The van der Waals surface area contributed by atoms with E-state index in [1.54, 1.807) is 18.2 Å². The molecular formula is C22H22N2O4. The van der Waals surface area contributed by atoms with Crippen molar-refractivity contribution in [3.63, 3.8) is 0 Å². The van der Waals surface area contributed by atoms with Gasteiger partial charge in [0.2, 0.25) is 5.91 Å². The Kier molecular flexibility index (Phi) is 4.63. The van der Waals surface area contributed by atoms with E-state index in [0.29, 0.717) is 22.3 Å². The molecule has 3 N–H and O–H groups in total. The van der Waals surface area contributed by atoms with E-state index < -0.39 is 17.7 Å². The van der Waals surface area contributed by atoms with Crippen molar-refractivity contribution >= 4 is 39.5 Å². The maximum Gasteiger partial charge on any atom is 0.377 e. The van der Waals surface area contributed by atoms with E-state index >= 15 is 0 Å². The van der Waals surface area contributed by atoms with Gasteiger partial charge in [-0.25, -0.2) is 4.79 Å². The van der Waals surface area contributed by atoms with Crippen molar-refractivity contribution in [1.29, 1.82) is 0 Å². The number of carboxylic acids is 1. The fourth-order valence-electron chi connectivity index (χ4n) is 4.55. The maximum atomic E-state index is 12.3. The van der Waals surface area contributed by atoms with Crippen LogP contribution in [0.15, 0.2) is 36.4 Å². The molecule has 1 aliphatic rings. The SMILES string of the molecule is NC(=O)c1cccc2c1c1c(C(=O)C(=O)O)cccc1n2CCC1CCCC1. The summed E-state index contributed by atoms with van der Waals surface area (Å²) in [7, 11) is 0. The summed E-state index contributed by atoms with van der Waals surface area (Å²) in [5, 5.41) is 10.3. The average molecular weight is 378 g/mol. The van der Waals surface area contributed by atoms with Crippen LogP contribution in [0.1, 0.15) is 52.8 Å². The summed E-state index contributed by atoms with van der Waals surface area (Å²) < 4.78 is 2.09. The monoisotopic (exact) mass is 378 g/mol. The number of hydrogen-bond acceptors (Lipinski definition) is 3. The number of benzene rings is 2. The maximum absolute atomic E-state index is 12.3. The molecule has 1 fully saturated rings. The minimum Gasteiger partial charge on any atom is -0.475 e. The van der Waals surface area contributed by atoms with Gasteiger partial charge in [0.25, 0.3) is 5.78 Å². The fourth-order valence-corrected chi connectivity index (χ4v) is 4.55. The molecular weight excluding hydrogens is 356 g/mol. The molecule has 1 amide bonds. The van der Waals surface area contributed by atoms with Gasteiger partial charge in [-0.05, 0) is 36.6 Å². The number of fused-ring (bicyclic) bond motifs is 3. The van der Waals surface area contributed by atoms with E-state index in [2.05, 4.69) is 4.57 Å². The molecule has 0 radical (unpaired) electrons. The summed E-state index contributed by atoms with van der Waals surface area (Å²) in [5.41, 5.74) is 7.53. The van der Waals surface area contributed by atoms with Gasteiger partial charge < -0.3 is 15.4 Å². The molecule has 4 rings (SSSR count). The lowest BCUT2D eigenvalue weighted by molar-refractivity contribution is -0.131. The van der Waals surface area contributed by atoms with Crippen LogP contribution < -0.4 is 5.73 Å². The molecule has 28 heavy (non-hydrogen) atoms. The van der Waals surface area contributed by atoms with E-state index in [-0.39, 0.29) is 5.56 Å². The molecule has 6 nitrogen and oxygen atoms in total.